The average molecular weight is 345 g/mol. The van der Waals surface area contributed by atoms with Crippen LogP contribution in [0.2, 0.25) is 0 Å². The molecule has 2 nitrogen and oxygen atoms in total. The van der Waals surface area contributed by atoms with E-state index in [0.717, 1.165) is 14.6 Å². The molecule has 0 aromatic carbocycles. The molecular weight excluding hydrogens is 340 g/mol. The van der Waals surface area contributed by atoms with E-state index in [2.05, 4.69) is 52.8 Å². The predicted octanol–water partition coefficient (Wildman–Crippen LogP) is 3.26. The standard InChI is InChI=1S/C6H5Br3N2/c1-2-3(7)4(10)6(9)11-5(2)8/h10H2,1H3. The number of hydrogen-bond acceptors (Lipinski definition) is 2. The van der Waals surface area contributed by atoms with Crippen LogP contribution >= 0.6 is 47.8 Å². The molecule has 1 rings (SSSR count). The van der Waals surface area contributed by atoms with Crippen LogP contribution in [0.3, 0.4) is 0 Å². The molecule has 0 unspecified atom stereocenters. The van der Waals surface area contributed by atoms with Crippen LogP contribution in [0.5, 0.6) is 0 Å². The zero-order valence-corrected chi connectivity index (χ0v) is 10.4. The number of hydrogen-bond donors (Lipinski definition) is 1. The second-order valence-corrected chi connectivity index (χ2v) is 4.34. The molecule has 0 bridgehead atoms. The van der Waals surface area contributed by atoms with E-state index < -0.39 is 0 Å². The highest BCUT2D eigenvalue weighted by atomic mass is 79.9. The molecule has 60 valence electrons. The fourth-order valence-corrected chi connectivity index (χ4v) is 2.51. The summed E-state index contributed by atoms with van der Waals surface area (Å²) in [5.41, 5.74) is 7.31. The Morgan fingerprint density at radius 3 is 2.27 bits per heavy atom. The molecule has 0 aliphatic carbocycles. The molecule has 0 aliphatic rings. The van der Waals surface area contributed by atoms with Crippen LogP contribution < -0.4 is 5.73 Å². The van der Waals surface area contributed by atoms with Gasteiger partial charge in [0.05, 0.1) is 5.69 Å². The summed E-state index contributed by atoms with van der Waals surface area (Å²) >= 11 is 9.89. The fourth-order valence-electron chi connectivity index (χ4n) is 0.613. The van der Waals surface area contributed by atoms with Gasteiger partial charge in [-0.05, 0) is 60.3 Å². The van der Waals surface area contributed by atoms with E-state index in [0.29, 0.717) is 10.3 Å². The minimum atomic E-state index is 0.630. The molecule has 0 radical (unpaired) electrons. The van der Waals surface area contributed by atoms with Crippen molar-refractivity contribution in [3.05, 3.63) is 19.2 Å². The zero-order valence-electron chi connectivity index (χ0n) is 5.66. The highest BCUT2D eigenvalue weighted by Gasteiger charge is 2.08. The summed E-state index contributed by atoms with van der Waals surface area (Å²) in [5, 5.41) is 0. The van der Waals surface area contributed by atoms with E-state index in [-0.39, 0.29) is 0 Å². The highest BCUT2D eigenvalue weighted by molar-refractivity contribution is 9.11. The number of aromatic nitrogens is 1. The SMILES string of the molecule is Cc1c(Br)nc(Br)c(N)c1Br. The molecule has 0 atom stereocenters. The molecule has 0 saturated heterocycles. The van der Waals surface area contributed by atoms with Crippen LogP contribution in [0.25, 0.3) is 0 Å². The Kier molecular flexibility index (Phi) is 2.94. The fraction of sp³-hybridized carbons (Fsp3) is 0.167. The maximum atomic E-state index is 5.67. The number of anilines is 1. The number of nitrogens with zero attached hydrogens (tertiary/aromatic N) is 1. The van der Waals surface area contributed by atoms with Gasteiger partial charge in [-0.1, -0.05) is 0 Å². The lowest BCUT2D eigenvalue weighted by Crippen LogP contribution is -1.94. The van der Waals surface area contributed by atoms with Crippen molar-refractivity contribution in [1.82, 2.24) is 4.98 Å². The lowest BCUT2D eigenvalue weighted by Gasteiger charge is -2.05. The molecule has 1 aromatic heterocycles. The van der Waals surface area contributed by atoms with Crippen molar-refractivity contribution in [2.24, 2.45) is 0 Å². The number of pyridine rings is 1. The van der Waals surface area contributed by atoms with Crippen molar-refractivity contribution in [3.8, 4) is 0 Å². The molecular formula is C6H5Br3N2. The lowest BCUT2D eigenvalue weighted by molar-refractivity contribution is 1.17. The Morgan fingerprint density at radius 2 is 1.73 bits per heavy atom. The smallest absolute Gasteiger partial charge is 0.131 e. The third kappa shape index (κ3) is 1.76. The summed E-state index contributed by atoms with van der Waals surface area (Å²) in [5.74, 6) is 0. The molecule has 5 heteroatoms. The summed E-state index contributed by atoms with van der Waals surface area (Å²) in [6.07, 6.45) is 0. The summed E-state index contributed by atoms with van der Waals surface area (Å²) in [7, 11) is 0. The second kappa shape index (κ2) is 3.41. The second-order valence-electron chi connectivity index (χ2n) is 2.05. The van der Waals surface area contributed by atoms with Gasteiger partial charge < -0.3 is 5.73 Å². The van der Waals surface area contributed by atoms with E-state index in [1.54, 1.807) is 0 Å². The van der Waals surface area contributed by atoms with E-state index in [1.165, 1.54) is 0 Å². The zero-order chi connectivity index (χ0) is 8.59. The van der Waals surface area contributed by atoms with Gasteiger partial charge in [-0.2, -0.15) is 0 Å². The first kappa shape index (κ1) is 9.48. The van der Waals surface area contributed by atoms with E-state index >= 15 is 0 Å². The van der Waals surface area contributed by atoms with Gasteiger partial charge in [-0.25, -0.2) is 4.98 Å². The van der Waals surface area contributed by atoms with Crippen LogP contribution in [0.15, 0.2) is 13.7 Å². The molecule has 0 aliphatic heterocycles. The van der Waals surface area contributed by atoms with Gasteiger partial charge in [0.2, 0.25) is 0 Å². The Morgan fingerprint density at radius 1 is 1.18 bits per heavy atom. The minimum absolute atomic E-state index is 0.630. The van der Waals surface area contributed by atoms with Crippen LogP contribution in [0, 0.1) is 6.92 Å². The third-order valence-corrected chi connectivity index (χ3v) is 3.69. The maximum absolute atomic E-state index is 5.67. The molecule has 1 aromatic rings. The first-order chi connectivity index (χ1) is 5.04. The van der Waals surface area contributed by atoms with Gasteiger partial charge in [-0.15, -0.1) is 0 Å². The van der Waals surface area contributed by atoms with Crippen LogP contribution in [-0.2, 0) is 0 Å². The van der Waals surface area contributed by atoms with Gasteiger partial charge in [0.25, 0.3) is 0 Å². The largest absolute Gasteiger partial charge is 0.396 e. The lowest BCUT2D eigenvalue weighted by atomic mass is 10.3. The van der Waals surface area contributed by atoms with Crippen molar-refractivity contribution in [2.75, 3.05) is 5.73 Å². The number of halogens is 3. The molecule has 0 saturated carbocycles. The van der Waals surface area contributed by atoms with Crippen LogP contribution in [0.4, 0.5) is 5.69 Å². The molecule has 0 fully saturated rings. The average Bonchev–Trinajstić information content (AvgIpc) is 1.97. The monoisotopic (exact) mass is 342 g/mol. The highest BCUT2D eigenvalue weighted by Crippen LogP contribution is 2.32. The van der Waals surface area contributed by atoms with Gasteiger partial charge in [0, 0.05) is 4.47 Å². The Hall–Kier alpha value is 0.390. The summed E-state index contributed by atoms with van der Waals surface area (Å²) in [4.78, 5) is 4.11. The molecule has 0 amide bonds. The topological polar surface area (TPSA) is 38.9 Å². The summed E-state index contributed by atoms with van der Waals surface area (Å²) in [6, 6.07) is 0. The number of nitrogen functional groups attached to an aromatic ring is 1. The van der Waals surface area contributed by atoms with E-state index in [1.807, 2.05) is 6.92 Å². The van der Waals surface area contributed by atoms with Crippen LogP contribution in [0.1, 0.15) is 5.56 Å². The molecule has 11 heavy (non-hydrogen) atoms. The van der Waals surface area contributed by atoms with E-state index in [4.69, 9.17) is 5.73 Å². The Balaban J connectivity index is 3.46. The van der Waals surface area contributed by atoms with Crippen molar-refractivity contribution in [3.63, 3.8) is 0 Å². The number of nitrogens with two attached hydrogens (primary N) is 1. The Labute approximate surface area is 90.0 Å². The minimum Gasteiger partial charge on any atom is -0.396 e. The maximum Gasteiger partial charge on any atom is 0.131 e. The van der Waals surface area contributed by atoms with Gasteiger partial charge in [-0.3, -0.25) is 0 Å². The quantitative estimate of drug-likeness (QED) is 0.734. The molecule has 0 spiro atoms. The van der Waals surface area contributed by atoms with Gasteiger partial charge in [0.1, 0.15) is 9.21 Å². The first-order valence-corrected chi connectivity index (χ1v) is 5.18. The Bertz CT molecular complexity index is 272. The van der Waals surface area contributed by atoms with Crippen molar-refractivity contribution < 1.29 is 0 Å². The van der Waals surface area contributed by atoms with Gasteiger partial charge in [0.15, 0.2) is 0 Å². The summed E-state index contributed by atoms with van der Waals surface area (Å²) in [6.45, 7) is 1.93. The normalized spacial score (nSPS) is 10.2. The summed E-state index contributed by atoms with van der Waals surface area (Å²) < 4.78 is 2.33. The first-order valence-electron chi connectivity index (χ1n) is 2.80. The number of rotatable bonds is 0. The van der Waals surface area contributed by atoms with Gasteiger partial charge >= 0.3 is 0 Å². The predicted molar refractivity (Wildman–Crippen MR) is 56.5 cm³/mol. The van der Waals surface area contributed by atoms with Crippen LogP contribution in [-0.4, -0.2) is 4.98 Å². The van der Waals surface area contributed by atoms with E-state index in [9.17, 15) is 0 Å². The van der Waals surface area contributed by atoms with Crippen molar-refractivity contribution in [2.45, 2.75) is 6.92 Å². The van der Waals surface area contributed by atoms with Crippen molar-refractivity contribution >= 4 is 53.5 Å². The third-order valence-electron chi connectivity index (χ3n) is 1.29. The molecule has 2 N–H and O–H groups in total. The molecule has 1 heterocycles. The van der Waals surface area contributed by atoms with Crippen molar-refractivity contribution in [1.29, 1.82) is 0 Å².